The van der Waals surface area contributed by atoms with Crippen LogP contribution in [0.25, 0.3) is 0 Å². The molecule has 1 aromatic heterocycles. The fourth-order valence-electron chi connectivity index (χ4n) is 11.9. The van der Waals surface area contributed by atoms with Crippen molar-refractivity contribution >= 4 is 40.7 Å². The number of piperidine rings is 3. The van der Waals surface area contributed by atoms with Gasteiger partial charge >= 0.3 is 0 Å². The Balaban J connectivity index is 0.630. The van der Waals surface area contributed by atoms with Gasteiger partial charge in [0.05, 0.1) is 17.8 Å². The molecule has 3 atom stereocenters. The number of hydrogen-bond donors (Lipinski definition) is 4. The van der Waals surface area contributed by atoms with Gasteiger partial charge in [0.15, 0.2) is 0 Å². The molecule has 2 aromatic carbocycles. The van der Waals surface area contributed by atoms with Gasteiger partial charge in [-0.05, 0) is 112 Å². The van der Waals surface area contributed by atoms with Gasteiger partial charge in [-0.3, -0.25) is 19.3 Å². The molecule has 0 saturated carbocycles. The van der Waals surface area contributed by atoms with E-state index in [4.69, 9.17) is 0 Å². The van der Waals surface area contributed by atoms with Gasteiger partial charge in [0.1, 0.15) is 35.6 Å². The lowest BCUT2D eigenvalue weighted by Crippen LogP contribution is -2.66. The summed E-state index contributed by atoms with van der Waals surface area (Å²) in [6.45, 7) is 20.8. The van der Waals surface area contributed by atoms with E-state index in [1.165, 1.54) is 12.1 Å². The van der Waals surface area contributed by atoms with Crippen molar-refractivity contribution in [1.29, 1.82) is 0 Å². The molecule has 0 aliphatic carbocycles. The number of hydrogen-bond acceptors (Lipinski definition) is 12. The Morgan fingerprint density at radius 3 is 2.31 bits per heavy atom. The number of allylic oxidation sites excluding steroid dienone is 1. The molecule has 8 heterocycles. The number of halogens is 2. The van der Waals surface area contributed by atoms with Crippen molar-refractivity contribution in [3.05, 3.63) is 83.3 Å². The average Bonchev–Trinajstić information content (AvgIpc) is 3.98. The summed E-state index contributed by atoms with van der Waals surface area (Å²) < 4.78 is 31.2. The lowest BCUT2D eigenvalue weighted by atomic mass is 9.82. The smallest absolute Gasteiger partial charge is 0.255 e. The molecule has 6 saturated heterocycles. The number of piperazine rings is 1. The molecular formula is C51H68F2N12O3. The molecule has 3 aromatic rings. The lowest BCUT2D eigenvalue weighted by Gasteiger charge is -2.48. The Morgan fingerprint density at radius 1 is 0.809 bits per heavy atom. The van der Waals surface area contributed by atoms with Gasteiger partial charge in [0.2, 0.25) is 11.8 Å². The first kappa shape index (κ1) is 46.3. The first-order valence-electron chi connectivity index (χ1n) is 24.9. The molecule has 17 heteroatoms. The number of benzene rings is 2. The van der Waals surface area contributed by atoms with Crippen LogP contribution in [0.4, 0.5) is 31.8 Å². The van der Waals surface area contributed by atoms with Crippen LogP contribution in [0.15, 0.2) is 55.0 Å². The number of likely N-dealkylation sites (tertiary alicyclic amines) is 3. The van der Waals surface area contributed by atoms with Gasteiger partial charge in [-0.1, -0.05) is 20.4 Å². The van der Waals surface area contributed by atoms with Crippen molar-refractivity contribution in [3.63, 3.8) is 0 Å². The van der Waals surface area contributed by atoms with Crippen LogP contribution in [-0.4, -0.2) is 150 Å². The van der Waals surface area contributed by atoms with E-state index in [0.29, 0.717) is 87.1 Å². The van der Waals surface area contributed by atoms with Gasteiger partial charge in [0.25, 0.3) is 5.91 Å². The number of carbonyl (C=O) groups is 3. The highest BCUT2D eigenvalue weighted by atomic mass is 19.1. The van der Waals surface area contributed by atoms with E-state index in [0.717, 1.165) is 108 Å². The van der Waals surface area contributed by atoms with Gasteiger partial charge in [-0.2, -0.15) is 0 Å². The Kier molecular flexibility index (Phi) is 13.1. The molecule has 15 nitrogen and oxygen atoms in total. The van der Waals surface area contributed by atoms with Gasteiger partial charge < -0.3 is 45.8 Å². The number of fused-ring (bicyclic) bond motifs is 2. The van der Waals surface area contributed by atoms with Crippen LogP contribution in [-0.2, 0) is 22.7 Å². The summed E-state index contributed by atoms with van der Waals surface area (Å²) in [5.41, 5.74) is 3.62. The van der Waals surface area contributed by atoms with E-state index in [1.807, 2.05) is 18.2 Å². The molecule has 7 aliphatic heterocycles. The minimum Gasteiger partial charge on any atom is -0.384 e. The first-order valence-corrected chi connectivity index (χ1v) is 24.9. The third-order valence-corrected chi connectivity index (χ3v) is 16.0. The zero-order valence-corrected chi connectivity index (χ0v) is 39.8. The summed E-state index contributed by atoms with van der Waals surface area (Å²) in [6, 6.07) is 10.1. The summed E-state index contributed by atoms with van der Waals surface area (Å²) in [5.74, 6) is 1.69. The second-order valence-electron chi connectivity index (χ2n) is 21.5. The standard InChI is InChI=1S/C51H68F2N12O3/c1-34-5-8-43(48(67)58-34)65-30-35-21-39(6-7-40(35)49(65)68)54-14-20-62-28-37-26-61(27-38(37)29-62)15-4-13-55-45-24-46(57-33-56-45)63-18-11-51(12-19-63)32-64(31-47(66)59-51)44-23-41(52)36(22-42(44)53)25-60-16-9-50(2,3)10-17-60/h6-7,21-24,33,37-38,43,54H,1,4-5,8-20,25-32H2,2-3H3,(H,58,67)(H,59,66)(H,55,56,57)/t37-,38+,43?. The molecule has 3 amide bonds. The monoisotopic (exact) mass is 935 g/mol. The predicted molar refractivity (Wildman–Crippen MR) is 259 cm³/mol. The number of aromatic nitrogens is 2. The molecule has 1 unspecified atom stereocenters. The summed E-state index contributed by atoms with van der Waals surface area (Å²) in [5, 5.41) is 13.1. The fraction of sp³-hybridized carbons (Fsp3) is 0.588. The number of nitrogens with zero attached hydrogens (tertiary/aromatic N) is 8. The number of nitrogens with one attached hydrogen (secondary N) is 4. The van der Waals surface area contributed by atoms with Gasteiger partial charge in [-0.25, -0.2) is 18.7 Å². The van der Waals surface area contributed by atoms with E-state index < -0.39 is 23.2 Å². The second-order valence-corrected chi connectivity index (χ2v) is 21.5. The molecule has 1 spiro atoms. The first-order chi connectivity index (χ1) is 32.7. The quantitative estimate of drug-likeness (QED) is 0.164. The normalized spacial score (nSPS) is 25.2. The van der Waals surface area contributed by atoms with Crippen molar-refractivity contribution in [2.45, 2.75) is 83.5 Å². The van der Waals surface area contributed by atoms with Crippen LogP contribution in [0, 0.1) is 28.9 Å². The molecule has 10 rings (SSSR count). The maximum atomic E-state index is 15.7. The van der Waals surface area contributed by atoms with Crippen LogP contribution in [0.1, 0.15) is 80.3 Å². The number of rotatable bonds is 14. The minimum atomic E-state index is -0.544. The van der Waals surface area contributed by atoms with Gasteiger partial charge in [0, 0.05) is 113 Å². The van der Waals surface area contributed by atoms with Crippen LogP contribution in [0.5, 0.6) is 0 Å². The van der Waals surface area contributed by atoms with E-state index in [-0.39, 0.29) is 35.4 Å². The highest BCUT2D eigenvalue weighted by Gasteiger charge is 2.43. The lowest BCUT2D eigenvalue weighted by molar-refractivity contribution is -0.126. The molecule has 6 fully saturated rings. The topological polar surface area (TPSA) is 145 Å². The number of anilines is 4. The molecule has 0 bridgehead atoms. The third kappa shape index (κ3) is 10.2. The van der Waals surface area contributed by atoms with Crippen molar-refractivity contribution in [2.75, 3.05) is 112 Å². The minimum absolute atomic E-state index is 0.00748. The zero-order valence-electron chi connectivity index (χ0n) is 39.8. The molecule has 4 N–H and O–H groups in total. The fourth-order valence-corrected chi connectivity index (χ4v) is 11.9. The van der Waals surface area contributed by atoms with Crippen LogP contribution >= 0.6 is 0 Å². The Morgan fingerprint density at radius 2 is 1.56 bits per heavy atom. The second kappa shape index (κ2) is 19.2. The zero-order chi connectivity index (χ0) is 47.2. The summed E-state index contributed by atoms with van der Waals surface area (Å²) in [6.07, 6.45) is 7.28. The molecule has 364 valence electrons. The molecular weight excluding hydrogens is 867 g/mol. The van der Waals surface area contributed by atoms with Crippen molar-refractivity contribution in [2.24, 2.45) is 17.3 Å². The highest BCUT2D eigenvalue weighted by Crippen LogP contribution is 2.36. The van der Waals surface area contributed by atoms with E-state index in [2.05, 4.69) is 77.3 Å². The third-order valence-electron chi connectivity index (χ3n) is 16.0. The van der Waals surface area contributed by atoms with Crippen molar-refractivity contribution in [3.8, 4) is 0 Å². The maximum absolute atomic E-state index is 15.7. The van der Waals surface area contributed by atoms with E-state index in [9.17, 15) is 14.4 Å². The van der Waals surface area contributed by atoms with Crippen LogP contribution in [0.2, 0.25) is 0 Å². The molecule has 0 radical (unpaired) electrons. The van der Waals surface area contributed by atoms with Crippen LogP contribution < -0.4 is 31.1 Å². The number of amides is 3. The van der Waals surface area contributed by atoms with E-state index >= 15 is 8.78 Å². The summed E-state index contributed by atoms with van der Waals surface area (Å²) >= 11 is 0. The molecule has 68 heavy (non-hydrogen) atoms. The maximum Gasteiger partial charge on any atom is 0.255 e. The highest BCUT2D eigenvalue weighted by molar-refractivity contribution is 6.01. The number of carbonyl (C=O) groups excluding carboxylic acids is 3. The van der Waals surface area contributed by atoms with E-state index in [1.54, 1.807) is 16.1 Å². The summed E-state index contributed by atoms with van der Waals surface area (Å²) in [4.78, 5) is 60.9. The Hall–Kier alpha value is -5.39. The average molecular weight is 935 g/mol. The Labute approximate surface area is 399 Å². The van der Waals surface area contributed by atoms with Crippen molar-refractivity contribution < 1.29 is 23.2 Å². The van der Waals surface area contributed by atoms with Crippen LogP contribution in [0.3, 0.4) is 0 Å². The predicted octanol–water partition coefficient (Wildman–Crippen LogP) is 4.88. The van der Waals surface area contributed by atoms with Gasteiger partial charge in [-0.15, -0.1) is 0 Å². The SMILES string of the molecule is C=C1CCC(N2Cc3cc(NCCN4C[C@H]5CN(CCCNc6cc(N7CCC8(CC7)CN(c7cc(F)c(CN9CCC(C)(C)CC9)cc7F)CC(=O)N8)ncn6)C[C@H]5C4)ccc3C2=O)C(=O)N1. The summed E-state index contributed by atoms with van der Waals surface area (Å²) in [7, 11) is 0. The molecule has 7 aliphatic rings. The Bertz CT molecular complexity index is 2380. The largest absolute Gasteiger partial charge is 0.384 e. The van der Waals surface area contributed by atoms with Crippen molar-refractivity contribution in [1.82, 2.24) is 40.2 Å².